The predicted octanol–water partition coefficient (Wildman–Crippen LogP) is 3.22. The minimum atomic E-state index is -3.64. The summed E-state index contributed by atoms with van der Waals surface area (Å²) in [5, 5.41) is 0. The van der Waals surface area contributed by atoms with E-state index in [4.69, 9.17) is 0 Å². The third-order valence-corrected chi connectivity index (χ3v) is 9.23. The zero-order valence-electron chi connectivity index (χ0n) is 18.5. The number of nitrogens with zero attached hydrogens (tertiary/aromatic N) is 3. The van der Waals surface area contributed by atoms with Gasteiger partial charge in [-0.25, -0.2) is 8.42 Å². The van der Waals surface area contributed by atoms with Crippen LogP contribution in [-0.4, -0.2) is 73.1 Å². The van der Waals surface area contributed by atoms with Crippen molar-refractivity contribution in [2.45, 2.75) is 44.0 Å². The summed E-state index contributed by atoms with van der Waals surface area (Å²) in [4.78, 5) is 31.2. The van der Waals surface area contributed by atoms with Crippen molar-refractivity contribution in [2.24, 2.45) is 0 Å². The van der Waals surface area contributed by atoms with Crippen molar-refractivity contribution in [1.29, 1.82) is 0 Å². The van der Waals surface area contributed by atoms with Gasteiger partial charge < -0.3 is 9.80 Å². The van der Waals surface area contributed by atoms with E-state index in [9.17, 15) is 18.0 Å². The fourth-order valence-corrected chi connectivity index (χ4v) is 6.94. The van der Waals surface area contributed by atoms with Crippen LogP contribution in [0.1, 0.15) is 51.1 Å². The van der Waals surface area contributed by atoms with E-state index in [1.807, 2.05) is 26.0 Å². The first kappa shape index (κ1) is 22.9. The number of carbonyl (C=O) groups excluding carboxylic acids is 2. The van der Waals surface area contributed by atoms with Crippen LogP contribution in [0.4, 0.5) is 0 Å². The lowest BCUT2D eigenvalue weighted by Gasteiger charge is -2.35. The van der Waals surface area contributed by atoms with E-state index in [-0.39, 0.29) is 22.8 Å². The van der Waals surface area contributed by atoms with Crippen molar-refractivity contribution < 1.29 is 18.0 Å². The Bertz CT molecular complexity index is 1100. The fourth-order valence-electron chi connectivity index (χ4n) is 4.35. The molecule has 32 heavy (non-hydrogen) atoms. The van der Waals surface area contributed by atoms with Crippen LogP contribution in [0.25, 0.3) is 0 Å². The highest BCUT2D eigenvalue weighted by molar-refractivity contribution is 7.89. The number of piperazine rings is 1. The van der Waals surface area contributed by atoms with Crippen LogP contribution in [0, 0.1) is 6.92 Å². The monoisotopic (exact) mass is 475 g/mol. The number of sulfonamides is 1. The number of thiophene rings is 1. The van der Waals surface area contributed by atoms with E-state index in [2.05, 4.69) is 0 Å². The minimum Gasteiger partial charge on any atom is -0.335 e. The van der Waals surface area contributed by atoms with Gasteiger partial charge in [-0.05, 0) is 57.0 Å². The van der Waals surface area contributed by atoms with Crippen molar-refractivity contribution in [2.75, 3.05) is 32.7 Å². The first-order valence-electron chi connectivity index (χ1n) is 11.0. The molecule has 2 saturated heterocycles. The third kappa shape index (κ3) is 4.60. The molecule has 3 heterocycles. The summed E-state index contributed by atoms with van der Waals surface area (Å²) in [5.41, 5.74) is 0.365. The summed E-state index contributed by atoms with van der Waals surface area (Å²) in [6.45, 7) is 6.20. The number of carbonyl (C=O) groups is 2. The number of hydrogen-bond donors (Lipinski definition) is 0. The van der Waals surface area contributed by atoms with Crippen LogP contribution in [0.5, 0.6) is 0 Å². The number of benzene rings is 1. The number of piperidine rings is 1. The summed E-state index contributed by atoms with van der Waals surface area (Å²) in [6.07, 6.45) is 2.74. The van der Waals surface area contributed by atoms with Crippen LogP contribution >= 0.6 is 11.3 Å². The van der Waals surface area contributed by atoms with E-state index in [1.165, 1.54) is 17.4 Å². The summed E-state index contributed by atoms with van der Waals surface area (Å²) in [5.74, 6) is -0.202. The second-order valence-corrected chi connectivity index (χ2v) is 11.7. The molecule has 1 aromatic heterocycles. The van der Waals surface area contributed by atoms with Gasteiger partial charge in [0.2, 0.25) is 10.0 Å². The average molecular weight is 476 g/mol. The Labute approximate surface area is 193 Å². The molecule has 2 aromatic rings. The van der Waals surface area contributed by atoms with Crippen molar-refractivity contribution >= 4 is 33.2 Å². The molecular weight excluding hydrogens is 446 g/mol. The Morgan fingerprint density at radius 1 is 0.938 bits per heavy atom. The van der Waals surface area contributed by atoms with Crippen molar-refractivity contribution in [3.63, 3.8) is 0 Å². The number of hydrogen-bond acceptors (Lipinski definition) is 5. The lowest BCUT2D eigenvalue weighted by atomic mass is 10.1. The molecule has 2 fully saturated rings. The first-order valence-corrected chi connectivity index (χ1v) is 13.3. The molecule has 0 spiro atoms. The Morgan fingerprint density at radius 3 is 2.25 bits per heavy atom. The fraction of sp³-hybridized carbons (Fsp3) is 0.478. The van der Waals surface area contributed by atoms with Gasteiger partial charge in [0.15, 0.2) is 0 Å². The maximum absolute atomic E-state index is 13.2. The second kappa shape index (κ2) is 9.33. The molecule has 1 atom stereocenters. The van der Waals surface area contributed by atoms with Gasteiger partial charge in [-0.2, -0.15) is 4.31 Å². The van der Waals surface area contributed by atoms with Gasteiger partial charge in [0.25, 0.3) is 11.8 Å². The van der Waals surface area contributed by atoms with Crippen LogP contribution in [0.3, 0.4) is 0 Å². The van der Waals surface area contributed by atoms with Crippen LogP contribution < -0.4 is 0 Å². The maximum Gasteiger partial charge on any atom is 0.264 e. The highest BCUT2D eigenvalue weighted by atomic mass is 32.2. The zero-order valence-corrected chi connectivity index (χ0v) is 20.1. The van der Waals surface area contributed by atoms with E-state index < -0.39 is 10.0 Å². The number of rotatable bonds is 4. The minimum absolute atomic E-state index is 0.000980. The van der Waals surface area contributed by atoms with E-state index in [0.717, 1.165) is 24.1 Å². The topological polar surface area (TPSA) is 78.0 Å². The van der Waals surface area contributed by atoms with Crippen molar-refractivity contribution in [3.05, 3.63) is 51.7 Å². The van der Waals surface area contributed by atoms with E-state index >= 15 is 0 Å². The number of amides is 2. The van der Waals surface area contributed by atoms with Crippen LogP contribution in [0.15, 0.2) is 41.3 Å². The highest BCUT2D eigenvalue weighted by Gasteiger charge is 2.32. The standard InChI is InChI=1S/C23H29N3O4S2/c1-17-6-3-4-11-26(17)32(29,30)20-8-5-7-19(16-20)22(27)24-12-14-25(15-13-24)23(28)21-10-9-18(2)31-21/h5,7-10,16-17H,3-4,6,11-15H2,1-2H3. The molecule has 2 aliphatic rings. The average Bonchev–Trinajstić information content (AvgIpc) is 3.24. The SMILES string of the molecule is Cc1ccc(C(=O)N2CCN(C(=O)c3cccc(S(=O)(=O)N4CCCCC4C)c3)CC2)s1. The molecule has 0 saturated carbocycles. The third-order valence-electron chi connectivity index (χ3n) is 6.23. The molecule has 0 bridgehead atoms. The zero-order chi connectivity index (χ0) is 22.9. The highest BCUT2D eigenvalue weighted by Crippen LogP contribution is 2.26. The molecule has 0 N–H and O–H groups in total. The lowest BCUT2D eigenvalue weighted by molar-refractivity contribution is 0.0538. The molecular formula is C23H29N3O4S2. The largest absolute Gasteiger partial charge is 0.335 e. The van der Waals surface area contributed by atoms with Gasteiger partial charge in [0, 0.05) is 49.2 Å². The molecule has 4 rings (SSSR count). The predicted molar refractivity (Wildman–Crippen MR) is 125 cm³/mol. The summed E-state index contributed by atoms with van der Waals surface area (Å²) in [7, 11) is -3.64. The first-order chi connectivity index (χ1) is 15.3. The lowest BCUT2D eigenvalue weighted by Crippen LogP contribution is -2.50. The van der Waals surface area contributed by atoms with E-state index in [1.54, 1.807) is 32.3 Å². The summed E-state index contributed by atoms with van der Waals surface area (Å²) >= 11 is 1.48. The van der Waals surface area contributed by atoms with Crippen molar-refractivity contribution in [1.82, 2.24) is 14.1 Å². The Morgan fingerprint density at radius 2 is 1.62 bits per heavy atom. The Kier molecular flexibility index (Phi) is 6.69. The second-order valence-electron chi connectivity index (χ2n) is 8.48. The number of aryl methyl sites for hydroxylation is 1. The van der Waals surface area contributed by atoms with Crippen LogP contribution in [0.2, 0.25) is 0 Å². The molecule has 7 nitrogen and oxygen atoms in total. The van der Waals surface area contributed by atoms with Gasteiger partial charge in [-0.15, -0.1) is 11.3 Å². The Balaban J connectivity index is 1.44. The van der Waals surface area contributed by atoms with E-state index in [0.29, 0.717) is 43.2 Å². The molecule has 0 aliphatic carbocycles. The molecule has 172 valence electrons. The molecule has 9 heteroatoms. The Hall–Kier alpha value is -2.23. The van der Waals surface area contributed by atoms with Gasteiger partial charge in [-0.1, -0.05) is 12.5 Å². The molecule has 1 unspecified atom stereocenters. The van der Waals surface area contributed by atoms with Gasteiger partial charge >= 0.3 is 0 Å². The van der Waals surface area contributed by atoms with Crippen LogP contribution in [-0.2, 0) is 10.0 Å². The smallest absolute Gasteiger partial charge is 0.264 e. The van der Waals surface area contributed by atoms with Gasteiger partial charge in [-0.3, -0.25) is 9.59 Å². The molecule has 2 amide bonds. The molecule has 2 aliphatic heterocycles. The molecule has 1 aromatic carbocycles. The van der Waals surface area contributed by atoms with Gasteiger partial charge in [0.1, 0.15) is 0 Å². The maximum atomic E-state index is 13.2. The van der Waals surface area contributed by atoms with Gasteiger partial charge in [0.05, 0.1) is 9.77 Å². The summed E-state index contributed by atoms with van der Waals surface area (Å²) < 4.78 is 27.9. The quantitative estimate of drug-likeness (QED) is 0.680. The normalized spacial score (nSPS) is 20.4. The van der Waals surface area contributed by atoms with Crippen molar-refractivity contribution in [3.8, 4) is 0 Å². The summed E-state index contributed by atoms with van der Waals surface area (Å²) in [6, 6.07) is 10.1. The molecule has 0 radical (unpaired) electrons.